The molecule has 0 fully saturated rings. The van der Waals surface area contributed by atoms with Crippen LogP contribution in [0.3, 0.4) is 0 Å². The van der Waals surface area contributed by atoms with Crippen LogP contribution in [0.2, 0.25) is 0 Å². The Kier molecular flexibility index (Phi) is 3.58. The molecule has 1 amide bonds. The summed E-state index contributed by atoms with van der Waals surface area (Å²) in [5, 5.41) is 5.33. The summed E-state index contributed by atoms with van der Waals surface area (Å²) in [4.78, 5) is 12.5. The highest BCUT2D eigenvalue weighted by molar-refractivity contribution is 6.05. The van der Waals surface area contributed by atoms with Gasteiger partial charge < -0.3 is 5.32 Å². The van der Waals surface area contributed by atoms with Gasteiger partial charge in [0.1, 0.15) is 0 Å². The van der Waals surface area contributed by atoms with Gasteiger partial charge in [0, 0.05) is 11.3 Å². The monoisotopic (exact) mass is 301 g/mol. The van der Waals surface area contributed by atoms with Crippen LogP contribution in [-0.4, -0.2) is 5.91 Å². The molecule has 4 rings (SSSR count). The number of aryl methyl sites for hydroxylation is 2. The van der Waals surface area contributed by atoms with Gasteiger partial charge in [-0.1, -0.05) is 36.4 Å². The Labute approximate surface area is 136 Å². The lowest BCUT2D eigenvalue weighted by Gasteiger charge is -2.16. The van der Waals surface area contributed by atoms with Crippen molar-refractivity contribution in [2.75, 3.05) is 5.32 Å². The maximum atomic E-state index is 12.5. The fourth-order valence-electron chi connectivity index (χ4n) is 3.35. The second kappa shape index (κ2) is 5.88. The molecule has 2 heteroatoms. The van der Waals surface area contributed by atoms with Crippen LogP contribution in [0.4, 0.5) is 5.69 Å². The van der Waals surface area contributed by atoms with Gasteiger partial charge in [-0.15, -0.1) is 0 Å². The Hall–Kier alpha value is -2.61. The van der Waals surface area contributed by atoms with Crippen molar-refractivity contribution in [1.82, 2.24) is 0 Å². The molecule has 114 valence electrons. The molecule has 0 aromatic heterocycles. The summed E-state index contributed by atoms with van der Waals surface area (Å²) in [5.74, 6) is -0.0337. The summed E-state index contributed by atoms with van der Waals surface area (Å²) in [6.07, 6.45) is 4.71. The van der Waals surface area contributed by atoms with Crippen molar-refractivity contribution in [3.05, 3.63) is 77.4 Å². The predicted octanol–water partition coefficient (Wildman–Crippen LogP) is 4.97. The smallest absolute Gasteiger partial charge is 0.255 e. The van der Waals surface area contributed by atoms with Gasteiger partial charge in [0.2, 0.25) is 0 Å². The number of hydrogen-bond acceptors (Lipinski definition) is 1. The van der Waals surface area contributed by atoms with Gasteiger partial charge in [-0.3, -0.25) is 4.79 Å². The molecule has 0 bridgehead atoms. The number of hydrogen-bond donors (Lipinski definition) is 1. The average Bonchev–Trinajstić information content (AvgIpc) is 2.61. The van der Waals surface area contributed by atoms with E-state index in [9.17, 15) is 4.79 Å². The molecule has 1 aliphatic rings. The Balaban J connectivity index is 1.59. The van der Waals surface area contributed by atoms with Crippen LogP contribution >= 0.6 is 0 Å². The van der Waals surface area contributed by atoms with Crippen molar-refractivity contribution in [3.63, 3.8) is 0 Å². The number of carbonyl (C=O) groups is 1. The van der Waals surface area contributed by atoms with E-state index in [1.807, 2.05) is 36.4 Å². The first kappa shape index (κ1) is 14.0. The summed E-state index contributed by atoms with van der Waals surface area (Å²) in [6.45, 7) is 0. The van der Waals surface area contributed by atoms with Gasteiger partial charge in [0.05, 0.1) is 0 Å². The van der Waals surface area contributed by atoms with Crippen LogP contribution < -0.4 is 5.32 Å². The van der Waals surface area contributed by atoms with Gasteiger partial charge in [0.15, 0.2) is 0 Å². The first-order valence-electron chi connectivity index (χ1n) is 8.21. The highest BCUT2D eigenvalue weighted by Crippen LogP contribution is 2.23. The van der Waals surface area contributed by atoms with Crippen molar-refractivity contribution in [2.45, 2.75) is 25.7 Å². The van der Waals surface area contributed by atoms with Gasteiger partial charge >= 0.3 is 0 Å². The van der Waals surface area contributed by atoms with E-state index in [0.717, 1.165) is 29.5 Å². The third-order valence-electron chi connectivity index (χ3n) is 4.62. The molecule has 1 aliphatic carbocycles. The number of anilines is 1. The van der Waals surface area contributed by atoms with E-state index in [-0.39, 0.29) is 5.91 Å². The zero-order valence-corrected chi connectivity index (χ0v) is 13.0. The summed E-state index contributed by atoms with van der Waals surface area (Å²) in [7, 11) is 0. The fourth-order valence-corrected chi connectivity index (χ4v) is 3.35. The van der Waals surface area contributed by atoms with Gasteiger partial charge in [-0.2, -0.15) is 0 Å². The van der Waals surface area contributed by atoms with E-state index in [1.54, 1.807) is 0 Å². The number of nitrogens with one attached hydrogen (secondary N) is 1. The van der Waals surface area contributed by atoms with E-state index >= 15 is 0 Å². The lowest BCUT2D eigenvalue weighted by atomic mass is 9.90. The van der Waals surface area contributed by atoms with Crippen molar-refractivity contribution in [1.29, 1.82) is 0 Å². The molecule has 0 heterocycles. The van der Waals surface area contributed by atoms with Crippen molar-refractivity contribution >= 4 is 22.4 Å². The number of fused-ring (bicyclic) bond motifs is 2. The van der Waals surface area contributed by atoms with Gasteiger partial charge in [-0.25, -0.2) is 0 Å². The highest BCUT2D eigenvalue weighted by atomic mass is 16.1. The molecular formula is C21H19NO. The van der Waals surface area contributed by atoms with Gasteiger partial charge in [-0.05, 0) is 71.8 Å². The first-order chi connectivity index (χ1) is 11.3. The maximum absolute atomic E-state index is 12.5. The minimum Gasteiger partial charge on any atom is -0.322 e. The zero-order chi connectivity index (χ0) is 15.6. The topological polar surface area (TPSA) is 29.1 Å². The third-order valence-corrected chi connectivity index (χ3v) is 4.62. The third kappa shape index (κ3) is 2.85. The van der Waals surface area contributed by atoms with E-state index in [1.165, 1.54) is 29.4 Å². The van der Waals surface area contributed by atoms with Crippen molar-refractivity contribution in [3.8, 4) is 0 Å². The molecule has 2 nitrogen and oxygen atoms in total. The molecule has 0 saturated carbocycles. The van der Waals surface area contributed by atoms with E-state index in [4.69, 9.17) is 0 Å². The molecule has 1 N–H and O–H groups in total. The van der Waals surface area contributed by atoms with E-state index in [2.05, 4.69) is 29.6 Å². The molecule has 0 radical (unpaired) electrons. The van der Waals surface area contributed by atoms with E-state index in [0.29, 0.717) is 0 Å². The zero-order valence-electron chi connectivity index (χ0n) is 13.0. The summed E-state index contributed by atoms with van der Waals surface area (Å²) < 4.78 is 0. The molecule has 0 atom stereocenters. The minimum atomic E-state index is -0.0337. The number of amides is 1. The standard InChI is InChI=1S/C21H19NO/c23-21(19-10-9-15-5-1-3-7-17(15)13-19)22-20-12-11-16-6-2-4-8-18(16)14-20/h2,4,6,8-14H,1,3,5,7H2,(H,22,23). The Bertz CT molecular complexity index is 882. The predicted molar refractivity (Wildman–Crippen MR) is 95.0 cm³/mol. The molecule has 0 unspecified atom stereocenters. The molecular weight excluding hydrogens is 282 g/mol. The molecule has 23 heavy (non-hydrogen) atoms. The van der Waals surface area contributed by atoms with Crippen molar-refractivity contribution < 1.29 is 4.79 Å². The molecule has 3 aromatic rings. The Morgan fingerprint density at radius 2 is 1.57 bits per heavy atom. The molecule has 0 spiro atoms. The second-order valence-electron chi connectivity index (χ2n) is 6.21. The average molecular weight is 301 g/mol. The number of carbonyl (C=O) groups excluding carboxylic acids is 1. The largest absolute Gasteiger partial charge is 0.322 e. The van der Waals surface area contributed by atoms with E-state index < -0.39 is 0 Å². The first-order valence-corrected chi connectivity index (χ1v) is 8.21. The van der Waals surface area contributed by atoms with Crippen LogP contribution in [0, 0.1) is 0 Å². The molecule has 3 aromatic carbocycles. The second-order valence-corrected chi connectivity index (χ2v) is 6.21. The fraction of sp³-hybridized carbons (Fsp3) is 0.190. The van der Waals surface area contributed by atoms with Crippen LogP contribution in [0.5, 0.6) is 0 Å². The minimum absolute atomic E-state index is 0.0337. The molecule has 0 aliphatic heterocycles. The normalized spacial score (nSPS) is 13.6. The number of benzene rings is 3. The quantitative estimate of drug-likeness (QED) is 0.711. The van der Waals surface area contributed by atoms with Crippen LogP contribution in [0.25, 0.3) is 10.8 Å². The van der Waals surface area contributed by atoms with Gasteiger partial charge in [0.25, 0.3) is 5.91 Å². The van der Waals surface area contributed by atoms with Crippen molar-refractivity contribution in [2.24, 2.45) is 0 Å². The highest BCUT2D eigenvalue weighted by Gasteiger charge is 2.13. The summed E-state index contributed by atoms with van der Waals surface area (Å²) in [6, 6.07) is 20.3. The van der Waals surface area contributed by atoms with Crippen LogP contribution in [-0.2, 0) is 12.8 Å². The van der Waals surface area contributed by atoms with Crippen LogP contribution in [0.1, 0.15) is 34.3 Å². The summed E-state index contributed by atoms with van der Waals surface area (Å²) >= 11 is 0. The van der Waals surface area contributed by atoms with Crippen LogP contribution in [0.15, 0.2) is 60.7 Å². The Morgan fingerprint density at radius 3 is 2.43 bits per heavy atom. The number of rotatable bonds is 2. The molecule has 0 saturated heterocycles. The summed E-state index contributed by atoms with van der Waals surface area (Å²) in [5.41, 5.74) is 4.33. The lowest BCUT2D eigenvalue weighted by molar-refractivity contribution is 0.102. The SMILES string of the molecule is O=C(Nc1ccc2ccccc2c1)c1ccc2c(c1)CCCC2. The maximum Gasteiger partial charge on any atom is 0.255 e. The lowest BCUT2D eigenvalue weighted by Crippen LogP contribution is -2.13. The Morgan fingerprint density at radius 1 is 0.783 bits per heavy atom.